The third-order valence-electron chi connectivity index (χ3n) is 20.8. The van der Waals surface area contributed by atoms with Gasteiger partial charge in [-0.3, -0.25) is 9.59 Å². The standard InChI is InChI=1S/C18H26O5.C17H24O6.C14H20O5.C11H18O3.C8H12O/c1-2-14(19)9-13-8-12(4-5-15(13)20)18(21)22-10-11-3-6-16-17(7-11)23-16;1-2-15(19)23-13-7-16(5-3-11(13)18)9-20-17(21-10-16)6-4-12-14(8-17)22-12;1-2-12(15)17-7-8-3-4-9(13(8)16)18-10-5-6-11-14(10)19-11;1-8(2)6-12-13-7-9-3-4-10-11(5-9)14-10;1-2-6-3-4-7-8(5-6)9-7/h2,11-13,15-17,20H,1,3-10H2;2,11-14,18H,1,3-10H2;2,8-11,13-14,16H,1,3-7H2;9-11H,1,3-7H2,2H3;2,6-8H,1,3-5H2. The number of fused-ring (bicyclic) bond motifs is 5. The Morgan fingerprint density at radius 1 is 0.545 bits per heavy atom. The molecule has 0 amide bonds. The fourth-order valence-electron chi connectivity index (χ4n) is 14.9. The molecule has 22 unspecified atom stereocenters. The number of carbonyl (C=O) groups is 4. The Bertz CT molecular complexity index is 2410. The van der Waals surface area contributed by atoms with Gasteiger partial charge in [0, 0.05) is 42.7 Å². The monoisotopic (exact) mass is 1240 g/mol. The highest BCUT2D eigenvalue weighted by molar-refractivity contribution is 5.89. The van der Waals surface area contributed by atoms with Crippen LogP contribution in [0.2, 0.25) is 0 Å². The van der Waals surface area contributed by atoms with Gasteiger partial charge in [0.05, 0.1) is 124 Å². The van der Waals surface area contributed by atoms with E-state index in [4.69, 9.17) is 61.9 Å². The second-order valence-electron chi connectivity index (χ2n) is 27.7. The van der Waals surface area contributed by atoms with E-state index in [-0.39, 0.29) is 66.3 Å². The number of ketones is 1. The highest BCUT2D eigenvalue weighted by Gasteiger charge is 2.57. The molecule has 2 spiro atoms. The zero-order chi connectivity index (χ0) is 62.1. The summed E-state index contributed by atoms with van der Waals surface area (Å²) in [4.78, 5) is 56.4. The molecule has 6 saturated heterocycles. The van der Waals surface area contributed by atoms with Crippen molar-refractivity contribution < 1.29 is 96.4 Å². The summed E-state index contributed by atoms with van der Waals surface area (Å²) in [7, 11) is 0. The van der Waals surface area contributed by atoms with Gasteiger partial charge < -0.3 is 67.4 Å². The highest BCUT2D eigenvalue weighted by atomic mass is 17.2. The molecule has 14 fully saturated rings. The van der Waals surface area contributed by atoms with Crippen LogP contribution in [0.1, 0.15) is 155 Å². The molecule has 8 aliphatic carbocycles. The van der Waals surface area contributed by atoms with Crippen molar-refractivity contribution in [3.8, 4) is 0 Å². The maximum atomic E-state index is 12.3. The van der Waals surface area contributed by atoms with Crippen molar-refractivity contribution in [3.05, 3.63) is 62.8 Å². The quantitative estimate of drug-likeness (QED) is 0.0162. The molecule has 88 heavy (non-hydrogen) atoms. The number of epoxide rings is 5. The summed E-state index contributed by atoms with van der Waals surface area (Å²) in [6, 6.07) is 0. The van der Waals surface area contributed by atoms with Crippen molar-refractivity contribution in [1.82, 2.24) is 0 Å². The molecule has 14 rings (SSSR count). The minimum atomic E-state index is -0.629. The van der Waals surface area contributed by atoms with Crippen molar-refractivity contribution >= 4 is 23.7 Å². The van der Waals surface area contributed by atoms with E-state index in [1.165, 1.54) is 38.2 Å². The van der Waals surface area contributed by atoms with Gasteiger partial charge in [-0.15, -0.1) is 6.58 Å². The Morgan fingerprint density at radius 3 is 1.81 bits per heavy atom. The number of rotatable bonds is 19. The van der Waals surface area contributed by atoms with Gasteiger partial charge in [0.15, 0.2) is 11.6 Å². The first kappa shape index (κ1) is 67.2. The molecule has 20 heteroatoms. The van der Waals surface area contributed by atoms with Crippen LogP contribution in [0, 0.1) is 40.9 Å². The van der Waals surface area contributed by atoms with Crippen LogP contribution in [0.5, 0.6) is 0 Å². The number of aliphatic hydroxyl groups is 3. The fourth-order valence-corrected chi connectivity index (χ4v) is 14.9. The first-order valence-corrected chi connectivity index (χ1v) is 33.1. The Hall–Kier alpha value is -3.74. The lowest BCUT2D eigenvalue weighted by Crippen LogP contribution is -2.55. The SMILES string of the molecule is C=C(C)COOCC1CCC2OC2C1.C=CC(=O)CC1CC(C(=O)OCC2CCC3OC3C2)CCC1O.C=CC(=O)OC1CC2(CCC1O)COC1(CCC3OC3C1)OC2.C=CC(=O)OCC1CCC(OC2CCC3OC23)C1O.C=CC1CCC2OC2C1. The van der Waals surface area contributed by atoms with E-state index in [1.54, 1.807) is 0 Å². The average molecular weight is 1240 g/mol. The zero-order valence-electron chi connectivity index (χ0n) is 51.8. The Labute approximate surface area is 519 Å². The largest absolute Gasteiger partial charge is 0.465 e. The molecule has 0 radical (unpaired) electrons. The fraction of sp³-hybridized carbons (Fsp3) is 0.794. The smallest absolute Gasteiger partial charge is 0.330 e. The van der Waals surface area contributed by atoms with E-state index in [0.717, 1.165) is 101 Å². The minimum Gasteiger partial charge on any atom is -0.465 e. The molecule has 0 aromatic carbocycles. The lowest BCUT2D eigenvalue weighted by molar-refractivity contribution is -0.321. The number of carbonyl (C=O) groups excluding carboxylic acids is 4. The summed E-state index contributed by atoms with van der Waals surface area (Å²) in [5.41, 5.74) is 0.803. The van der Waals surface area contributed by atoms with Crippen molar-refractivity contribution in [2.24, 2.45) is 40.9 Å². The van der Waals surface area contributed by atoms with Gasteiger partial charge in [-0.1, -0.05) is 38.0 Å². The van der Waals surface area contributed by atoms with E-state index in [9.17, 15) is 34.5 Å². The number of esters is 3. The molecule has 20 nitrogen and oxygen atoms in total. The van der Waals surface area contributed by atoms with Gasteiger partial charge in [-0.2, -0.15) is 0 Å². The third kappa shape index (κ3) is 19.0. The maximum absolute atomic E-state index is 12.3. The molecule has 492 valence electrons. The summed E-state index contributed by atoms with van der Waals surface area (Å²) in [6.45, 7) is 22.7. The lowest BCUT2D eigenvalue weighted by Gasteiger charge is -2.50. The van der Waals surface area contributed by atoms with Gasteiger partial charge in [-0.25, -0.2) is 19.4 Å². The van der Waals surface area contributed by atoms with Crippen LogP contribution in [0.4, 0.5) is 0 Å². The molecule has 0 bridgehead atoms. The Balaban J connectivity index is 0.000000125. The van der Waals surface area contributed by atoms with E-state index in [0.29, 0.717) is 132 Å². The Kier molecular flexibility index (Phi) is 23.5. The summed E-state index contributed by atoms with van der Waals surface area (Å²) in [6.07, 6.45) is 28.8. The van der Waals surface area contributed by atoms with Crippen molar-refractivity contribution in [3.63, 3.8) is 0 Å². The van der Waals surface area contributed by atoms with Gasteiger partial charge in [-0.05, 0) is 165 Å². The molecule has 22 atom stereocenters. The predicted octanol–water partition coefficient (Wildman–Crippen LogP) is 7.95. The Morgan fingerprint density at radius 2 is 1.19 bits per heavy atom. The molecule has 0 aromatic heterocycles. The minimum absolute atomic E-state index is 0.0359. The number of hydrogen-bond donors (Lipinski definition) is 3. The summed E-state index contributed by atoms with van der Waals surface area (Å²) in [5.74, 6) is -0.315. The summed E-state index contributed by atoms with van der Waals surface area (Å²) in [5, 5.41) is 30.3. The molecule has 0 aromatic rings. The maximum Gasteiger partial charge on any atom is 0.330 e. The van der Waals surface area contributed by atoms with E-state index < -0.39 is 42.1 Å². The number of allylic oxidation sites excluding steroid dienone is 2. The third-order valence-corrected chi connectivity index (χ3v) is 20.8. The molecule has 8 saturated carbocycles. The first-order chi connectivity index (χ1) is 42.4. The normalized spacial score (nSPS) is 42.9. The van der Waals surface area contributed by atoms with E-state index in [1.807, 2.05) is 6.92 Å². The van der Waals surface area contributed by atoms with Gasteiger partial charge >= 0.3 is 17.9 Å². The van der Waals surface area contributed by atoms with Crippen molar-refractivity contribution in [1.29, 1.82) is 0 Å². The number of hydrogen-bond acceptors (Lipinski definition) is 20. The van der Waals surface area contributed by atoms with Crippen LogP contribution in [0.3, 0.4) is 0 Å². The second kappa shape index (κ2) is 30.8. The molecule has 6 heterocycles. The molecule has 14 aliphatic rings. The number of ether oxygens (including phenoxy) is 11. The molecule has 3 N–H and O–H groups in total. The van der Waals surface area contributed by atoms with Crippen LogP contribution >= 0.6 is 0 Å². The van der Waals surface area contributed by atoms with Crippen LogP contribution in [0.25, 0.3) is 0 Å². The van der Waals surface area contributed by atoms with Gasteiger partial charge in [0.2, 0.25) is 0 Å². The summed E-state index contributed by atoms with van der Waals surface area (Å²) >= 11 is 0. The topological polar surface area (TPSA) is 265 Å². The summed E-state index contributed by atoms with van der Waals surface area (Å²) < 4.78 is 61.4. The predicted molar refractivity (Wildman–Crippen MR) is 318 cm³/mol. The van der Waals surface area contributed by atoms with Gasteiger partial charge in [0.1, 0.15) is 18.8 Å². The van der Waals surface area contributed by atoms with Crippen LogP contribution < -0.4 is 0 Å². The average Bonchev–Trinajstić information content (AvgIpc) is 2.31. The number of aliphatic hydroxyl groups excluding tert-OH is 3. The molecule has 6 aliphatic heterocycles. The zero-order valence-corrected chi connectivity index (χ0v) is 51.8. The van der Waals surface area contributed by atoms with Crippen LogP contribution in [-0.2, 0) is 81.1 Å². The van der Waals surface area contributed by atoms with E-state index >= 15 is 0 Å². The van der Waals surface area contributed by atoms with Crippen LogP contribution in [-0.4, -0.2) is 182 Å². The van der Waals surface area contributed by atoms with Crippen molar-refractivity contribution in [2.75, 3.05) is 39.6 Å². The first-order valence-electron chi connectivity index (χ1n) is 33.1. The lowest BCUT2D eigenvalue weighted by atomic mass is 9.72. The molecular weight excluding hydrogens is 1140 g/mol. The second-order valence-corrected chi connectivity index (χ2v) is 27.7. The van der Waals surface area contributed by atoms with Gasteiger partial charge in [0.25, 0.3) is 0 Å². The molecular formula is C68H100O20. The van der Waals surface area contributed by atoms with Crippen LogP contribution in [0.15, 0.2) is 62.8 Å². The van der Waals surface area contributed by atoms with E-state index in [2.05, 4.69) is 39.0 Å². The highest BCUT2D eigenvalue weighted by Crippen LogP contribution is 2.51. The van der Waals surface area contributed by atoms with Crippen molar-refractivity contribution in [2.45, 2.75) is 258 Å².